The monoisotopic (exact) mass is 361 g/mol. The van der Waals surface area contributed by atoms with Crippen LogP contribution in [0, 0.1) is 13.8 Å². The van der Waals surface area contributed by atoms with Gasteiger partial charge in [-0.25, -0.2) is 0 Å². The lowest BCUT2D eigenvalue weighted by atomic mass is 10.1. The molecule has 0 unspecified atom stereocenters. The van der Waals surface area contributed by atoms with Crippen LogP contribution in [0.3, 0.4) is 0 Å². The number of nitrogens with zero attached hydrogens (tertiary/aromatic N) is 4. The van der Waals surface area contributed by atoms with Gasteiger partial charge in [-0.1, -0.05) is 11.6 Å². The molecule has 1 N–H and O–H groups in total. The van der Waals surface area contributed by atoms with Crippen LogP contribution in [0.5, 0.6) is 0 Å². The van der Waals surface area contributed by atoms with Gasteiger partial charge in [-0.2, -0.15) is 5.10 Å². The van der Waals surface area contributed by atoms with Crippen LogP contribution in [-0.2, 0) is 0 Å². The van der Waals surface area contributed by atoms with E-state index in [1.807, 2.05) is 26.0 Å². The normalized spacial score (nSPS) is 15.2. The molecule has 0 radical (unpaired) electrons. The standard InChI is InChI=1S/C17H20ClN5O2/c1-11-4-5-13(12(2)20-11)16(24)22-6-3-7-23(9-8-22)17(25)15-14(18)10-19-21-15/h4-5,10H,3,6-9H2,1-2H3,(H,19,21). The third-order valence-corrected chi connectivity index (χ3v) is 4.62. The summed E-state index contributed by atoms with van der Waals surface area (Å²) in [5.41, 5.74) is 2.52. The maximum absolute atomic E-state index is 12.8. The van der Waals surface area contributed by atoms with Gasteiger partial charge in [-0.15, -0.1) is 0 Å². The molecule has 0 aliphatic carbocycles. The van der Waals surface area contributed by atoms with Crippen LogP contribution in [0.15, 0.2) is 18.3 Å². The Morgan fingerprint density at radius 1 is 1.08 bits per heavy atom. The summed E-state index contributed by atoms with van der Waals surface area (Å²) < 4.78 is 0. The summed E-state index contributed by atoms with van der Waals surface area (Å²) in [6, 6.07) is 3.66. The Morgan fingerprint density at radius 2 is 1.76 bits per heavy atom. The predicted octanol–water partition coefficient (Wildman–Crippen LogP) is 2.06. The molecule has 2 amide bonds. The molecule has 0 bridgehead atoms. The molecule has 3 heterocycles. The zero-order valence-electron chi connectivity index (χ0n) is 14.3. The van der Waals surface area contributed by atoms with Crippen LogP contribution in [0.4, 0.5) is 0 Å². The van der Waals surface area contributed by atoms with Gasteiger partial charge < -0.3 is 9.80 Å². The van der Waals surface area contributed by atoms with Gasteiger partial charge in [0.2, 0.25) is 0 Å². The number of rotatable bonds is 2. The van der Waals surface area contributed by atoms with Gasteiger partial charge in [0.05, 0.1) is 22.5 Å². The van der Waals surface area contributed by atoms with Gasteiger partial charge in [0.1, 0.15) is 5.69 Å². The molecule has 0 saturated carbocycles. The Labute approximate surface area is 151 Å². The zero-order chi connectivity index (χ0) is 18.0. The van der Waals surface area contributed by atoms with Crippen molar-refractivity contribution in [1.82, 2.24) is 25.0 Å². The number of H-pyrrole nitrogens is 1. The van der Waals surface area contributed by atoms with E-state index in [-0.39, 0.29) is 11.8 Å². The Bertz CT molecular complexity index is 804. The summed E-state index contributed by atoms with van der Waals surface area (Å²) in [5.74, 6) is -0.233. The number of nitrogens with one attached hydrogen (secondary N) is 1. The molecule has 25 heavy (non-hydrogen) atoms. The van der Waals surface area contributed by atoms with Crippen LogP contribution in [0.2, 0.25) is 5.02 Å². The van der Waals surface area contributed by atoms with Crippen molar-refractivity contribution < 1.29 is 9.59 Å². The number of aromatic nitrogens is 3. The van der Waals surface area contributed by atoms with Gasteiger partial charge in [-0.05, 0) is 32.4 Å². The summed E-state index contributed by atoms with van der Waals surface area (Å²) in [5, 5.41) is 6.73. The van der Waals surface area contributed by atoms with Crippen LogP contribution in [0.25, 0.3) is 0 Å². The van der Waals surface area contributed by atoms with Crippen molar-refractivity contribution in [3.8, 4) is 0 Å². The molecule has 2 aromatic rings. The summed E-state index contributed by atoms with van der Waals surface area (Å²) in [6.07, 6.45) is 2.12. The lowest BCUT2D eigenvalue weighted by molar-refractivity contribution is 0.0715. The fourth-order valence-electron chi connectivity index (χ4n) is 2.99. The third kappa shape index (κ3) is 3.66. The number of carbonyl (C=O) groups is 2. The van der Waals surface area contributed by atoms with Crippen molar-refractivity contribution in [2.24, 2.45) is 0 Å². The minimum absolute atomic E-state index is 0.0427. The first-order valence-corrected chi connectivity index (χ1v) is 8.57. The first kappa shape index (κ1) is 17.4. The average molecular weight is 362 g/mol. The molecule has 7 nitrogen and oxygen atoms in total. The SMILES string of the molecule is Cc1ccc(C(=O)N2CCCN(C(=O)c3[nH]ncc3Cl)CC2)c(C)n1. The molecular weight excluding hydrogens is 342 g/mol. The molecule has 0 atom stereocenters. The minimum Gasteiger partial charge on any atom is -0.337 e. The Balaban J connectivity index is 1.70. The van der Waals surface area contributed by atoms with Crippen LogP contribution >= 0.6 is 11.6 Å². The smallest absolute Gasteiger partial charge is 0.273 e. The highest BCUT2D eigenvalue weighted by Gasteiger charge is 2.26. The van der Waals surface area contributed by atoms with E-state index in [4.69, 9.17) is 11.6 Å². The van der Waals surface area contributed by atoms with E-state index in [1.165, 1.54) is 6.20 Å². The van der Waals surface area contributed by atoms with Crippen molar-refractivity contribution in [1.29, 1.82) is 0 Å². The third-order valence-electron chi connectivity index (χ3n) is 4.33. The van der Waals surface area contributed by atoms with Gasteiger partial charge in [0.15, 0.2) is 0 Å². The number of aryl methyl sites for hydroxylation is 2. The minimum atomic E-state index is -0.190. The lowest BCUT2D eigenvalue weighted by Crippen LogP contribution is -2.37. The topological polar surface area (TPSA) is 82.2 Å². The lowest BCUT2D eigenvalue weighted by Gasteiger charge is -2.22. The Hall–Kier alpha value is -2.41. The molecule has 132 valence electrons. The van der Waals surface area contributed by atoms with Crippen molar-refractivity contribution in [2.45, 2.75) is 20.3 Å². The van der Waals surface area contributed by atoms with Crippen molar-refractivity contribution >= 4 is 23.4 Å². The highest BCUT2D eigenvalue weighted by atomic mass is 35.5. The summed E-state index contributed by atoms with van der Waals surface area (Å²) in [6.45, 7) is 5.85. The van der Waals surface area contributed by atoms with E-state index in [9.17, 15) is 9.59 Å². The number of hydrogen-bond donors (Lipinski definition) is 1. The van der Waals surface area contributed by atoms with E-state index in [0.29, 0.717) is 48.9 Å². The molecule has 0 spiro atoms. The van der Waals surface area contributed by atoms with Gasteiger partial charge in [0, 0.05) is 31.9 Å². The molecule has 3 rings (SSSR count). The number of hydrogen-bond acceptors (Lipinski definition) is 4. The molecule has 1 aliphatic rings. The number of aromatic amines is 1. The Morgan fingerprint density at radius 3 is 2.36 bits per heavy atom. The largest absolute Gasteiger partial charge is 0.337 e. The maximum atomic E-state index is 12.8. The van der Waals surface area contributed by atoms with Crippen LogP contribution in [0.1, 0.15) is 38.7 Å². The number of halogens is 1. The Kier molecular flexibility index (Phi) is 5.03. The fraction of sp³-hybridized carbons (Fsp3) is 0.412. The van der Waals surface area contributed by atoms with Gasteiger partial charge >= 0.3 is 0 Å². The van der Waals surface area contributed by atoms with Crippen molar-refractivity contribution in [2.75, 3.05) is 26.2 Å². The van der Waals surface area contributed by atoms with Crippen molar-refractivity contribution in [3.05, 3.63) is 46.0 Å². The van der Waals surface area contributed by atoms with Crippen molar-refractivity contribution in [3.63, 3.8) is 0 Å². The summed E-state index contributed by atoms with van der Waals surface area (Å²) in [7, 11) is 0. The maximum Gasteiger partial charge on any atom is 0.273 e. The van der Waals surface area contributed by atoms with E-state index in [2.05, 4.69) is 15.2 Å². The quantitative estimate of drug-likeness (QED) is 0.887. The number of carbonyl (C=O) groups excluding carboxylic acids is 2. The second kappa shape index (κ2) is 7.23. The van der Waals surface area contributed by atoms with E-state index < -0.39 is 0 Å². The molecular formula is C17H20ClN5O2. The summed E-state index contributed by atoms with van der Waals surface area (Å²) in [4.78, 5) is 33.2. The molecule has 0 aromatic carbocycles. The molecule has 1 saturated heterocycles. The highest BCUT2D eigenvalue weighted by Crippen LogP contribution is 2.17. The zero-order valence-corrected chi connectivity index (χ0v) is 15.0. The second-order valence-corrected chi connectivity index (χ2v) is 6.52. The number of amides is 2. The van der Waals surface area contributed by atoms with E-state index in [1.54, 1.807) is 9.80 Å². The molecule has 2 aromatic heterocycles. The second-order valence-electron chi connectivity index (χ2n) is 6.12. The first-order valence-electron chi connectivity index (χ1n) is 8.19. The molecule has 1 fully saturated rings. The molecule has 8 heteroatoms. The first-order chi connectivity index (χ1) is 12.0. The van der Waals surface area contributed by atoms with Gasteiger partial charge in [-0.3, -0.25) is 19.7 Å². The summed E-state index contributed by atoms with van der Waals surface area (Å²) >= 11 is 5.97. The highest BCUT2D eigenvalue weighted by molar-refractivity contribution is 6.33. The van der Waals surface area contributed by atoms with Gasteiger partial charge in [0.25, 0.3) is 11.8 Å². The van der Waals surface area contributed by atoms with E-state index in [0.717, 1.165) is 11.4 Å². The molecule has 1 aliphatic heterocycles. The van der Waals surface area contributed by atoms with E-state index >= 15 is 0 Å². The fourth-order valence-corrected chi connectivity index (χ4v) is 3.16. The number of pyridine rings is 1. The van der Waals surface area contributed by atoms with Crippen LogP contribution < -0.4 is 0 Å². The van der Waals surface area contributed by atoms with Crippen LogP contribution in [-0.4, -0.2) is 63.0 Å². The average Bonchev–Trinajstić information content (AvgIpc) is 2.86. The predicted molar refractivity (Wildman–Crippen MR) is 93.7 cm³/mol.